The second-order valence-corrected chi connectivity index (χ2v) is 6.31. The quantitative estimate of drug-likeness (QED) is 0.872. The Morgan fingerprint density at radius 2 is 2.05 bits per heavy atom. The Morgan fingerprint density at radius 3 is 2.74 bits per heavy atom. The third kappa shape index (κ3) is 4.13. The average molecular weight is 262 g/mol. The van der Waals surface area contributed by atoms with Crippen LogP contribution in [-0.2, 0) is 0 Å². The molecule has 0 aromatic heterocycles. The van der Waals surface area contributed by atoms with Crippen LogP contribution >= 0.6 is 0 Å². The zero-order valence-electron chi connectivity index (χ0n) is 12.5. The van der Waals surface area contributed by atoms with Gasteiger partial charge in [-0.25, -0.2) is 0 Å². The SMILES string of the molecule is CC(C)Oc1ccccc1NC1CCNC(C)(C)C1. The predicted molar refractivity (Wildman–Crippen MR) is 80.9 cm³/mol. The van der Waals surface area contributed by atoms with Gasteiger partial charge < -0.3 is 15.4 Å². The van der Waals surface area contributed by atoms with Crippen LogP contribution in [-0.4, -0.2) is 24.2 Å². The smallest absolute Gasteiger partial charge is 0.142 e. The summed E-state index contributed by atoms with van der Waals surface area (Å²) < 4.78 is 5.86. The molecule has 0 saturated carbocycles. The second kappa shape index (κ2) is 5.83. The Balaban J connectivity index is 2.06. The number of nitrogens with one attached hydrogen (secondary N) is 2. The molecule has 106 valence electrons. The second-order valence-electron chi connectivity index (χ2n) is 6.31. The molecule has 0 aliphatic carbocycles. The monoisotopic (exact) mass is 262 g/mol. The van der Waals surface area contributed by atoms with Crippen LogP contribution in [0, 0.1) is 0 Å². The number of piperidine rings is 1. The predicted octanol–water partition coefficient (Wildman–Crippen LogP) is 3.42. The molecule has 1 aromatic carbocycles. The summed E-state index contributed by atoms with van der Waals surface area (Å²) >= 11 is 0. The minimum Gasteiger partial charge on any atom is -0.489 e. The molecule has 1 fully saturated rings. The molecule has 3 nitrogen and oxygen atoms in total. The third-order valence-electron chi connectivity index (χ3n) is 3.46. The lowest BCUT2D eigenvalue weighted by molar-refractivity contribution is 0.242. The van der Waals surface area contributed by atoms with E-state index in [1.807, 2.05) is 12.1 Å². The van der Waals surface area contributed by atoms with E-state index in [4.69, 9.17) is 4.74 Å². The maximum atomic E-state index is 5.86. The van der Waals surface area contributed by atoms with Crippen molar-refractivity contribution in [2.24, 2.45) is 0 Å². The molecular weight excluding hydrogens is 236 g/mol. The van der Waals surface area contributed by atoms with Crippen LogP contribution < -0.4 is 15.4 Å². The molecule has 0 bridgehead atoms. The number of hydrogen-bond donors (Lipinski definition) is 2. The van der Waals surface area contributed by atoms with Crippen LogP contribution in [0.4, 0.5) is 5.69 Å². The number of anilines is 1. The third-order valence-corrected chi connectivity index (χ3v) is 3.46. The number of ether oxygens (including phenoxy) is 1. The van der Waals surface area contributed by atoms with Gasteiger partial charge in [-0.05, 0) is 59.2 Å². The topological polar surface area (TPSA) is 33.3 Å². The molecule has 1 aromatic rings. The largest absolute Gasteiger partial charge is 0.489 e. The molecule has 1 heterocycles. The van der Waals surface area contributed by atoms with E-state index in [2.05, 4.69) is 50.5 Å². The molecular formula is C16H26N2O. The van der Waals surface area contributed by atoms with E-state index in [0.717, 1.165) is 30.8 Å². The van der Waals surface area contributed by atoms with Crippen molar-refractivity contribution in [3.05, 3.63) is 24.3 Å². The summed E-state index contributed by atoms with van der Waals surface area (Å²) in [5.74, 6) is 0.953. The number of rotatable bonds is 4. The van der Waals surface area contributed by atoms with Crippen LogP contribution in [0.3, 0.4) is 0 Å². The number of benzene rings is 1. The molecule has 1 aliphatic heterocycles. The normalized spacial score (nSPS) is 22.3. The minimum atomic E-state index is 0.201. The van der Waals surface area contributed by atoms with Gasteiger partial charge in [-0.15, -0.1) is 0 Å². The van der Waals surface area contributed by atoms with Crippen LogP contribution in [0.2, 0.25) is 0 Å². The Bertz CT molecular complexity index is 415. The summed E-state index contributed by atoms with van der Waals surface area (Å²) in [6, 6.07) is 8.73. The van der Waals surface area contributed by atoms with Crippen molar-refractivity contribution in [3.63, 3.8) is 0 Å². The first-order valence-corrected chi connectivity index (χ1v) is 7.23. The lowest BCUT2D eigenvalue weighted by atomic mass is 9.89. The summed E-state index contributed by atoms with van der Waals surface area (Å²) in [5, 5.41) is 7.20. The van der Waals surface area contributed by atoms with Crippen molar-refractivity contribution >= 4 is 5.69 Å². The Morgan fingerprint density at radius 1 is 1.32 bits per heavy atom. The molecule has 0 spiro atoms. The fraction of sp³-hybridized carbons (Fsp3) is 0.625. The van der Waals surface area contributed by atoms with Crippen molar-refractivity contribution < 1.29 is 4.74 Å². The molecule has 1 saturated heterocycles. The fourth-order valence-electron chi connectivity index (χ4n) is 2.66. The zero-order valence-corrected chi connectivity index (χ0v) is 12.5. The summed E-state index contributed by atoms with van der Waals surface area (Å²) in [5.41, 5.74) is 1.32. The Hall–Kier alpha value is -1.22. The van der Waals surface area contributed by atoms with Gasteiger partial charge in [-0.3, -0.25) is 0 Å². The molecule has 1 unspecified atom stereocenters. The van der Waals surface area contributed by atoms with Crippen molar-refractivity contribution in [1.29, 1.82) is 0 Å². The molecule has 0 radical (unpaired) electrons. The molecule has 3 heteroatoms. The van der Waals surface area contributed by atoms with Crippen molar-refractivity contribution in [3.8, 4) is 5.75 Å². The van der Waals surface area contributed by atoms with Gasteiger partial charge in [-0.1, -0.05) is 12.1 Å². The first-order chi connectivity index (χ1) is 8.96. The van der Waals surface area contributed by atoms with Crippen LogP contribution in [0.15, 0.2) is 24.3 Å². The van der Waals surface area contributed by atoms with Crippen LogP contribution in [0.25, 0.3) is 0 Å². The molecule has 1 aliphatic rings. The first kappa shape index (κ1) is 14.2. The summed E-state index contributed by atoms with van der Waals surface area (Å²) in [6.45, 7) is 9.71. The maximum Gasteiger partial charge on any atom is 0.142 e. The van der Waals surface area contributed by atoms with Gasteiger partial charge in [0.05, 0.1) is 11.8 Å². The summed E-state index contributed by atoms with van der Waals surface area (Å²) in [6.07, 6.45) is 2.48. The van der Waals surface area contributed by atoms with Crippen molar-refractivity contribution in [1.82, 2.24) is 5.32 Å². The van der Waals surface area contributed by atoms with Gasteiger partial charge >= 0.3 is 0 Å². The standard InChI is InChI=1S/C16H26N2O/c1-12(2)19-15-8-6-5-7-14(15)18-13-9-10-17-16(3,4)11-13/h5-8,12-13,17-18H,9-11H2,1-4H3. The highest BCUT2D eigenvalue weighted by atomic mass is 16.5. The number of para-hydroxylation sites is 2. The van der Waals surface area contributed by atoms with Gasteiger partial charge in [0.2, 0.25) is 0 Å². The lowest BCUT2D eigenvalue weighted by Crippen LogP contribution is -2.50. The van der Waals surface area contributed by atoms with E-state index in [1.54, 1.807) is 0 Å². The highest BCUT2D eigenvalue weighted by Gasteiger charge is 2.27. The lowest BCUT2D eigenvalue weighted by Gasteiger charge is -2.37. The van der Waals surface area contributed by atoms with Gasteiger partial charge in [0.1, 0.15) is 5.75 Å². The summed E-state index contributed by atoms with van der Waals surface area (Å²) in [7, 11) is 0. The van der Waals surface area contributed by atoms with E-state index in [9.17, 15) is 0 Å². The highest BCUT2D eigenvalue weighted by Crippen LogP contribution is 2.28. The van der Waals surface area contributed by atoms with E-state index in [1.165, 1.54) is 0 Å². The molecule has 0 amide bonds. The van der Waals surface area contributed by atoms with E-state index < -0.39 is 0 Å². The fourth-order valence-corrected chi connectivity index (χ4v) is 2.66. The zero-order chi connectivity index (χ0) is 13.9. The molecule has 19 heavy (non-hydrogen) atoms. The molecule has 1 atom stereocenters. The average Bonchev–Trinajstić information content (AvgIpc) is 2.30. The highest BCUT2D eigenvalue weighted by molar-refractivity contribution is 5.56. The minimum absolute atomic E-state index is 0.201. The van der Waals surface area contributed by atoms with Gasteiger partial charge in [0, 0.05) is 11.6 Å². The Kier molecular flexibility index (Phi) is 4.35. The number of hydrogen-bond acceptors (Lipinski definition) is 3. The Labute approximate surface area is 116 Å². The van der Waals surface area contributed by atoms with Gasteiger partial charge in [-0.2, -0.15) is 0 Å². The van der Waals surface area contributed by atoms with Gasteiger partial charge in [0.25, 0.3) is 0 Å². The summed E-state index contributed by atoms with van der Waals surface area (Å²) in [4.78, 5) is 0. The van der Waals surface area contributed by atoms with Crippen molar-refractivity contribution in [2.45, 2.75) is 58.2 Å². The van der Waals surface area contributed by atoms with Crippen LogP contribution in [0.5, 0.6) is 5.75 Å². The van der Waals surface area contributed by atoms with E-state index in [-0.39, 0.29) is 11.6 Å². The van der Waals surface area contributed by atoms with Crippen molar-refractivity contribution in [2.75, 3.05) is 11.9 Å². The van der Waals surface area contributed by atoms with E-state index >= 15 is 0 Å². The van der Waals surface area contributed by atoms with Gasteiger partial charge in [0.15, 0.2) is 0 Å². The maximum absolute atomic E-state index is 5.86. The first-order valence-electron chi connectivity index (χ1n) is 7.23. The molecule has 2 N–H and O–H groups in total. The van der Waals surface area contributed by atoms with E-state index in [0.29, 0.717) is 6.04 Å². The molecule has 2 rings (SSSR count). The van der Waals surface area contributed by atoms with Crippen LogP contribution in [0.1, 0.15) is 40.5 Å².